The van der Waals surface area contributed by atoms with Crippen molar-refractivity contribution in [2.24, 2.45) is 5.92 Å². The molecule has 138 valence electrons. The Kier molecular flexibility index (Phi) is 6.43. The second kappa shape index (κ2) is 8.77. The zero-order chi connectivity index (χ0) is 17.6. The average molecular weight is 348 g/mol. The summed E-state index contributed by atoms with van der Waals surface area (Å²) < 4.78 is 18.7. The lowest BCUT2D eigenvalue weighted by molar-refractivity contribution is -0.134. The van der Waals surface area contributed by atoms with Crippen LogP contribution in [0.2, 0.25) is 0 Å². The molecule has 0 radical (unpaired) electrons. The van der Waals surface area contributed by atoms with E-state index in [1.165, 1.54) is 6.07 Å². The fourth-order valence-corrected chi connectivity index (χ4v) is 3.99. The van der Waals surface area contributed by atoms with Crippen molar-refractivity contribution < 1.29 is 13.9 Å². The minimum absolute atomic E-state index is 0.207. The first kappa shape index (κ1) is 18.3. The van der Waals surface area contributed by atoms with Crippen LogP contribution in [0.3, 0.4) is 0 Å². The molecule has 5 heteroatoms. The number of piperidine rings is 1. The van der Waals surface area contributed by atoms with Gasteiger partial charge in [-0.3, -0.25) is 9.69 Å². The molecule has 25 heavy (non-hydrogen) atoms. The van der Waals surface area contributed by atoms with E-state index in [9.17, 15) is 9.18 Å². The lowest BCUT2D eigenvalue weighted by Crippen LogP contribution is -2.50. The van der Waals surface area contributed by atoms with Crippen LogP contribution in [0.15, 0.2) is 24.3 Å². The highest BCUT2D eigenvalue weighted by Crippen LogP contribution is 2.20. The highest BCUT2D eigenvalue weighted by atomic mass is 19.1. The molecule has 2 saturated heterocycles. The van der Waals surface area contributed by atoms with Crippen molar-refractivity contribution >= 4 is 5.91 Å². The average Bonchev–Trinajstić information content (AvgIpc) is 2.62. The van der Waals surface area contributed by atoms with Gasteiger partial charge in [0.15, 0.2) is 0 Å². The van der Waals surface area contributed by atoms with Crippen molar-refractivity contribution in [3.8, 4) is 0 Å². The number of rotatable bonds is 5. The molecular formula is C20H29FN2O2. The Morgan fingerprint density at radius 1 is 1.24 bits per heavy atom. The molecule has 0 bridgehead atoms. The van der Waals surface area contributed by atoms with E-state index in [1.54, 1.807) is 12.1 Å². The van der Waals surface area contributed by atoms with Crippen LogP contribution in [0, 0.1) is 11.7 Å². The number of carbonyl (C=O) groups is 1. The topological polar surface area (TPSA) is 32.8 Å². The van der Waals surface area contributed by atoms with Crippen LogP contribution in [0.4, 0.5) is 4.39 Å². The zero-order valence-corrected chi connectivity index (χ0v) is 15.1. The van der Waals surface area contributed by atoms with Gasteiger partial charge in [0.2, 0.25) is 5.91 Å². The Bertz CT molecular complexity index is 567. The Hall–Kier alpha value is -1.46. The van der Waals surface area contributed by atoms with Crippen LogP contribution in [-0.4, -0.2) is 61.1 Å². The summed E-state index contributed by atoms with van der Waals surface area (Å²) in [6.07, 6.45) is 3.40. The van der Waals surface area contributed by atoms with Crippen LogP contribution in [0.5, 0.6) is 0 Å². The molecule has 2 aliphatic heterocycles. The Morgan fingerprint density at radius 3 is 2.64 bits per heavy atom. The first-order valence-electron chi connectivity index (χ1n) is 9.46. The maximum atomic E-state index is 13.3. The summed E-state index contributed by atoms with van der Waals surface area (Å²) in [6, 6.07) is 7.28. The lowest BCUT2D eigenvalue weighted by Gasteiger charge is -2.40. The molecule has 2 fully saturated rings. The molecule has 1 aromatic rings. The number of hydrogen-bond donors (Lipinski definition) is 0. The number of ether oxygens (including phenoxy) is 1. The fourth-order valence-electron chi connectivity index (χ4n) is 3.99. The monoisotopic (exact) mass is 348 g/mol. The minimum Gasteiger partial charge on any atom is -0.379 e. The second-order valence-corrected chi connectivity index (χ2v) is 7.40. The highest BCUT2D eigenvalue weighted by molar-refractivity contribution is 5.76. The second-order valence-electron chi connectivity index (χ2n) is 7.40. The number of hydrogen-bond acceptors (Lipinski definition) is 3. The molecular weight excluding hydrogens is 319 g/mol. The van der Waals surface area contributed by atoms with Crippen LogP contribution in [0.1, 0.15) is 31.7 Å². The van der Waals surface area contributed by atoms with E-state index >= 15 is 0 Å². The fraction of sp³-hybridized carbons (Fsp3) is 0.650. The third-order valence-corrected chi connectivity index (χ3v) is 5.38. The van der Waals surface area contributed by atoms with Gasteiger partial charge in [-0.05, 0) is 42.9 Å². The van der Waals surface area contributed by atoms with Crippen molar-refractivity contribution in [1.29, 1.82) is 0 Å². The molecule has 1 atom stereocenters. The Labute approximate surface area is 149 Å². The smallest absolute Gasteiger partial charge is 0.222 e. The van der Waals surface area contributed by atoms with Gasteiger partial charge in [-0.1, -0.05) is 19.1 Å². The zero-order valence-electron chi connectivity index (χ0n) is 15.1. The van der Waals surface area contributed by atoms with E-state index < -0.39 is 0 Å². The largest absolute Gasteiger partial charge is 0.379 e. The van der Waals surface area contributed by atoms with E-state index in [2.05, 4.69) is 11.8 Å². The van der Waals surface area contributed by atoms with Gasteiger partial charge in [0.1, 0.15) is 5.82 Å². The Balaban J connectivity index is 1.42. The van der Waals surface area contributed by atoms with Crippen molar-refractivity contribution in [3.63, 3.8) is 0 Å². The molecule has 0 aliphatic carbocycles. The Morgan fingerprint density at radius 2 is 1.96 bits per heavy atom. The molecule has 0 spiro atoms. The number of morpholine rings is 1. The van der Waals surface area contributed by atoms with Gasteiger partial charge < -0.3 is 9.64 Å². The molecule has 1 amide bonds. The quantitative estimate of drug-likeness (QED) is 0.820. The number of benzene rings is 1. The van der Waals surface area contributed by atoms with E-state index in [1.807, 2.05) is 11.0 Å². The number of nitrogens with zero attached hydrogens (tertiary/aromatic N) is 2. The summed E-state index contributed by atoms with van der Waals surface area (Å²) in [5.74, 6) is 0.261. The molecule has 0 aromatic heterocycles. The maximum absolute atomic E-state index is 13.3. The standard InChI is InChI=1S/C20H29FN2O2/c1-16(13-17-3-2-4-18(21)15-17)14-20(24)23-7-5-19(6-8-23)22-9-11-25-12-10-22/h2-4,15-16,19H,5-14H2,1H3. The van der Waals surface area contributed by atoms with Gasteiger partial charge in [-0.25, -0.2) is 4.39 Å². The van der Waals surface area contributed by atoms with Crippen molar-refractivity contribution in [1.82, 2.24) is 9.80 Å². The number of likely N-dealkylation sites (tertiary alicyclic amines) is 1. The SMILES string of the molecule is CC(CC(=O)N1CCC(N2CCOCC2)CC1)Cc1cccc(F)c1. The summed E-state index contributed by atoms with van der Waals surface area (Å²) in [5, 5.41) is 0. The van der Waals surface area contributed by atoms with Crippen LogP contribution >= 0.6 is 0 Å². The molecule has 0 N–H and O–H groups in total. The van der Waals surface area contributed by atoms with Crippen molar-refractivity contribution in [2.45, 2.75) is 38.6 Å². The predicted molar refractivity (Wildman–Crippen MR) is 95.9 cm³/mol. The number of halogens is 1. The summed E-state index contributed by atoms with van der Waals surface area (Å²) >= 11 is 0. The predicted octanol–water partition coefficient (Wildman–Crippen LogP) is 2.72. The third-order valence-electron chi connectivity index (χ3n) is 5.38. The van der Waals surface area contributed by atoms with Gasteiger partial charge in [0, 0.05) is 38.6 Å². The summed E-state index contributed by atoms with van der Waals surface area (Å²) in [7, 11) is 0. The van der Waals surface area contributed by atoms with Crippen LogP contribution < -0.4 is 0 Å². The van der Waals surface area contributed by atoms with E-state index in [4.69, 9.17) is 4.74 Å². The van der Waals surface area contributed by atoms with E-state index in [0.717, 1.165) is 64.2 Å². The summed E-state index contributed by atoms with van der Waals surface area (Å²) in [6.45, 7) is 7.48. The van der Waals surface area contributed by atoms with E-state index in [0.29, 0.717) is 12.5 Å². The number of amides is 1. The van der Waals surface area contributed by atoms with E-state index in [-0.39, 0.29) is 17.6 Å². The van der Waals surface area contributed by atoms with Gasteiger partial charge in [-0.2, -0.15) is 0 Å². The molecule has 2 heterocycles. The van der Waals surface area contributed by atoms with Gasteiger partial charge in [-0.15, -0.1) is 0 Å². The molecule has 4 nitrogen and oxygen atoms in total. The first-order valence-corrected chi connectivity index (χ1v) is 9.46. The number of carbonyl (C=O) groups excluding carboxylic acids is 1. The van der Waals surface area contributed by atoms with Gasteiger partial charge in [0.25, 0.3) is 0 Å². The third kappa shape index (κ3) is 5.25. The van der Waals surface area contributed by atoms with Gasteiger partial charge >= 0.3 is 0 Å². The lowest BCUT2D eigenvalue weighted by atomic mass is 9.96. The van der Waals surface area contributed by atoms with Crippen LogP contribution in [-0.2, 0) is 16.0 Å². The first-order chi connectivity index (χ1) is 12.1. The molecule has 0 saturated carbocycles. The van der Waals surface area contributed by atoms with Crippen LogP contribution in [0.25, 0.3) is 0 Å². The molecule has 3 rings (SSSR count). The molecule has 1 unspecified atom stereocenters. The summed E-state index contributed by atoms with van der Waals surface area (Å²) in [4.78, 5) is 17.1. The highest BCUT2D eigenvalue weighted by Gasteiger charge is 2.28. The molecule has 1 aromatic carbocycles. The minimum atomic E-state index is -0.207. The molecule has 2 aliphatic rings. The van der Waals surface area contributed by atoms with Crippen molar-refractivity contribution in [2.75, 3.05) is 39.4 Å². The van der Waals surface area contributed by atoms with Crippen molar-refractivity contribution in [3.05, 3.63) is 35.6 Å². The normalized spacial score (nSPS) is 21.3. The van der Waals surface area contributed by atoms with Gasteiger partial charge in [0.05, 0.1) is 13.2 Å². The summed E-state index contributed by atoms with van der Waals surface area (Å²) in [5.41, 5.74) is 0.964. The maximum Gasteiger partial charge on any atom is 0.222 e.